The Morgan fingerprint density at radius 1 is 1.50 bits per heavy atom. The van der Waals surface area contributed by atoms with Gasteiger partial charge in [-0.2, -0.15) is 0 Å². The Morgan fingerprint density at radius 2 is 2.21 bits per heavy atom. The van der Waals surface area contributed by atoms with E-state index in [1.54, 1.807) is 11.3 Å². The van der Waals surface area contributed by atoms with Crippen LogP contribution < -0.4 is 11.1 Å². The third-order valence-corrected chi connectivity index (χ3v) is 2.59. The molecular weight excluding hydrogens is 194 g/mol. The van der Waals surface area contributed by atoms with Gasteiger partial charge in [-0.15, -0.1) is 11.3 Å². The van der Waals surface area contributed by atoms with Crippen LogP contribution in [0.1, 0.15) is 26.5 Å². The zero-order valence-corrected chi connectivity index (χ0v) is 9.90. The topological polar surface area (TPSA) is 50.9 Å². The number of anilines is 1. The first-order chi connectivity index (χ1) is 6.58. The number of hydrogen-bond acceptors (Lipinski definition) is 4. The highest BCUT2D eigenvalue weighted by atomic mass is 32.1. The molecule has 0 bridgehead atoms. The largest absolute Gasteiger partial charge is 0.361 e. The van der Waals surface area contributed by atoms with Gasteiger partial charge in [0.05, 0.1) is 5.69 Å². The first-order valence-corrected chi connectivity index (χ1v) is 5.89. The van der Waals surface area contributed by atoms with E-state index in [0.29, 0.717) is 5.92 Å². The Hall–Kier alpha value is -0.610. The highest BCUT2D eigenvalue weighted by Gasteiger charge is 2.04. The highest BCUT2D eigenvalue weighted by molar-refractivity contribution is 7.13. The summed E-state index contributed by atoms with van der Waals surface area (Å²) in [6.45, 7) is 7.35. The molecule has 0 saturated heterocycles. The molecule has 0 radical (unpaired) electrons. The summed E-state index contributed by atoms with van der Waals surface area (Å²) < 4.78 is 0. The van der Waals surface area contributed by atoms with Crippen molar-refractivity contribution >= 4 is 16.5 Å². The van der Waals surface area contributed by atoms with E-state index in [0.717, 1.165) is 23.8 Å². The molecule has 3 N–H and O–H groups in total. The molecule has 0 fully saturated rings. The SMILES string of the molecule is CC(C)CNc1nc(CC(C)N)cs1. The van der Waals surface area contributed by atoms with Crippen LogP contribution in [0.4, 0.5) is 5.13 Å². The maximum atomic E-state index is 5.70. The zero-order chi connectivity index (χ0) is 10.6. The van der Waals surface area contributed by atoms with Crippen molar-refractivity contribution < 1.29 is 0 Å². The van der Waals surface area contributed by atoms with E-state index in [2.05, 4.69) is 29.5 Å². The molecule has 0 aromatic carbocycles. The number of nitrogens with zero attached hydrogens (tertiary/aromatic N) is 1. The van der Waals surface area contributed by atoms with Crippen LogP contribution in [0.2, 0.25) is 0 Å². The minimum atomic E-state index is 0.190. The third-order valence-electron chi connectivity index (χ3n) is 1.74. The predicted octanol–water partition coefficient (Wildman–Crippen LogP) is 2.10. The third kappa shape index (κ3) is 4.07. The van der Waals surface area contributed by atoms with Crippen LogP contribution in [0.15, 0.2) is 5.38 Å². The standard InChI is InChI=1S/C10H19N3S/c1-7(2)5-12-10-13-9(6-14-10)4-8(3)11/h6-8H,4-5,11H2,1-3H3,(H,12,13). The van der Waals surface area contributed by atoms with Crippen LogP contribution in [0.5, 0.6) is 0 Å². The van der Waals surface area contributed by atoms with Crippen molar-refractivity contribution in [2.75, 3.05) is 11.9 Å². The second-order valence-corrected chi connectivity index (χ2v) is 4.96. The summed E-state index contributed by atoms with van der Waals surface area (Å²) >= 11 is 1.66. The quantitative estimate of drug-likeness (QED) is 0.787. The normalized spacial score (nSPS) is 13.2. The van der Waals surface area contributed by atoms with Crippen molar-refractivity contribution in [3.05, 3.63) is 11.1 Å². The second kappa shape index (κ2) is 5.32. The van der Waals surface area contributed by atoms with Gasteiger partial charge in [0.2, 0.25) is 0 Å². The molecule has 0 saturated carbocycles. The summed E-state index contributed by atoms with van der Waals surface area (Å²) in [5, 5.41) is 6.39. The average molecular weight is 213 g/mol. The van der Waals surface area contributed by atoms with Gasteiger partial charge in [-0.05, 0) is 12.8 Å². The summed E-state index contributed by atoms with van der Waals surface area (Å²) in [5.41, 5.74) is 6.79. The van der Waals surface area contributed by atoms with Gasteiger partial charge in [0.15, 0.2) is 5.13 Å². The average Bonchev–Trinajstić information content (AvgIpc) is 2.47. The Kier molecular flexibility index (Phi) is 4.35. The summed E-state index contributed by atoms with van der Waals surface area (Å²) in [4.78, 5) is 4.45. The van der Waals surface area contributed by atoms with Gasteiger partial charge in [0.1, 0.15) is 0 Å². The number of nitrogens with two attached hydrogens (primary N) is 1. The summed E-state index contributed by atoms with van der Waals surface area (Å²) in [6.07, 6.45) is 0.861. The van der Waals surface area contributed by atoms with Crippen molar-refractivity contribution in [1.29, 1.82) is 0 Å². The van der Waals surface area contributed by atoms with Crippen LogP contribution in [-0.2, 0) is 6.42 Å². The van der Waals surface area contributed by atoms with E-state index in [9.17, 15) is 0 Å². The molecule has 1 aromatic heterocycles. The first-order valence-electron chi connectivity index (χ1n) is 5.01. The predicted molar refractivity (Wildman–Crippen MR) is 62.8 cm³/mol. The van der Waals surface area contributed by atoms with Crippen molar-refractivity contribution in [2.24, 2.45) is 11.7 Å². The molecule has 0 aliphatic carbocycles. The lowest BCUT2D eigenvalue weighted by Gasteiger charge is -2.04. The fourth-order valence-electron chi connectivity index (χ4n) is 1.10. The van der Waals surface area contributed by atoms with E-state index >= 15 is 0 Å². The van der Waals surface area contributed by atoms with Crippen molar-refractivity contribution in [1.82, 2.24) is 4.98 Å². The summed E-state index contributed by atoms with van der Waals surface area (Å²) in [6, 6.07) is 0.190. The van der Waals surface area contributed by atoms with Gasteiger partial charge in [-0.1, -0.05) is 13.8 Å². The Morgan fingerprint density at radius 3 is 2.79 bits per heavy atom. The van der Waals surface area contributed by atoms with E-state index < -0.39 is 0 Å². The molecule has 0 aliphatic heterocycles. The highest BCUT2D eigenvalue weighted by Crippen LogP contribution is 2.16. The van der Waals surface area contributed by atoms with E-state index in [1.807, 2.05) is 6.92 Å². The van der Waals surface area contributed by atoms with Gasteiger partial charge in [-0.3, -0.25) is 0 Å². The number of rotatable bonds is 5. The molecule has 3 nitrogen and oxygen atoms in total. The first kappa shape index (κ1) is 11.5. The van der Waals surface area contributed by atoms with Crippen molar-refractivity contribution in [3.63, 3.8) is 0 Å². The second-order valence-electron chi connectivity index (χ2n) is 4.10. The minimum Gasteiger partial charge on any atom is -0.361 e. The molecule has 1 atom stereocenters. The van der Waals surface area contributed by atoms with Gasteiger partial charge < -0.3 is 11.1 Å². The smallest absolute Gasteiger partial charge is 0.182 e. The molecule has 0 aliphatic rings. The molecule has 1 heterocycles. The molecule has 1 rings (SSSR count). The minimum absolute atomic E-state index is 0.190. The lowest BCUT2D eigenvalue weighted by molar-refractivity contribution is 0.687. The van der Waals surface area contributed by atoms with Crippen LogP contribution in [-0.4, -0.2) is 17.6 Å². The Balaban J connectivity index is 2.42. The molecule has 14 heavy (non-hydrogen) atoms. The molecule has 0 amide bonds. The molecule has 0 spiro atoms. The molecule has 80 valence electrons. The van der Waals surface area contributed by atoms with Gasteiger partial charge in [0.25, 0.3) is 0 Å². The number of nitrogens with one attached hydrogen (secondary N) is 1. The van der Waals surface area contributed by atoms with E-state index in [1.165, 1.54) is 0 Å². The summed E-state index contributed by atoms with van der Waals surface area (Å²) in [7, 11) is 0. The number of hydrogen-bond donors (Lipinski definition) is 2. The lowest BCUT2D eigenvalue weighted by atomic mass is 10.2. The summed E-state index contributed by atoms with van der Waals surface area (Å²) in [5.74, 6) is 0.649. The molecule has 1 unspecified atom stereocenters. The van der Waals surface area contributed by atoms with Gasteiger partial charge in [0, 0.05) is 24.4 Å². The number of thiazole rings is 1. The van der Waals surface area contributed by atoms with Crippen LogP contribution in [0.25, 0.3) is 0 Å². The number of aromatic nitrogens is 1. The monoisotopic (exact) mass is 213 g/mol. The Bertz CT molecular complexity index is 268. The molecule has 4 heteroatoms. The van der Waals surface area contributed by atoms with E-state index in [4.69, 9.17) is 5.73 Å². The van der Waals surface area contributed by atoms with Crippen LogP contribution in [0.3, 0.4) is 0 Å². The molecule has 1 aromatic rings. The molecular formula is C10H19N3S. The van der Waals surface area contributed by atoms with Crippen molar-refractivity contribution in [3.8, 4) is 0 Å². The van der Waals surface area contributed by atoms with E-state index in [-0.39, 0.29) is 6.04 Å². The maximum absolute atomic E-state index is 5.70. The Labute approximate surface area is 89.7 Å². The van der Waals surface area contributed by atoms with Gasteiger partial charge >= 0.3 is 0 Å². The fraction of sp³-hybridized carbons (Fsp3) is 0.700. The van der Waals surface area contributed by atoms with Gasteiger partial charge in [-0.25, -0.2) is 4.98 Å². The lowest BCUT2D eigenvalue weighted by Crippen LogP contribution is -2.18. The van der Waals surface area contributed by atoms with Crippen LogP contribution in [0, 0.1) is 5.92 Å². The zero-order valence-electron chi connectivity index (χ0n) is 9.08. The fourth-order valence-corrected chi connectivity index (χ4v) is 1.84. The van der Waals surface area contributed by atoms with Crippen molar-refractivity contribution in [2.45, 2.75) is 33.2 Å². The maximum Gasteiger partial charge on any atom is 0.182 e. The van der Waals surface area contributed by atoms with Crippen LogP contribution >= 0.6 is 11.3 Å².